The third-order valence-corrected chi connectivity index (χ3v) is 5.08. The lowest BCUT2D eigenvalue weighted by atomic mass is 10.2. The molecule has 86 valence electrons. The van der Waals surface area contributed by atoms with Gasteiger partial charge in [-0.15, -0.1) is 22.7 Å². The van der Waals surface area contributed by atoms with Crippen LogP contribution in [-0.4, -0.2) is 9.54 Å². The van der Waals surface area contributed by atoms with Crippen LogP contribution in [0.1, 0.15) is 0 Å². The molecule has 0 unspecified atom stereocenters. The van der Waals surface area contributed by atoms with Crippen molar-refractivity contribution in [2.24, 2.45) is 0 Å². The highest BCUT2D eigenvalue weighted by Gasteiger charge is 2.11. The molecule has 3 aromatic heterocycles. The van der Waals surface area contributed by atoms with Crippen LogP contribution < -0.4 is 5.73 Å². The van der Waals surface area contributed by atoms with Crippen LogP contribution in [0.15, 0.2) is 33.9 Å². The maximum atomic E-state index is 9.09. The van der Waals surface area contributed by atoms with Gasteiger partial charge in [-0.1, -0.05) is 6.07 Å². The van der Waals surface area contributed by atoms with Gasteiger partial charge in [0.1, 0.15) is 9.04 Å². The Labute approximate surface area is 110 Å². The third kappa shape index (κ3) is 1.83. The molecule has 3 N–H and O–H groups in total. The number of nitrogens with zero attached hydrogens (tertiary/aromatic N) is 1. The minimum Gasteiger partial charge on any atom is -0.397 e. The molecule has 0 aliphatic carbocycles. The summed E-state index contributed by atoms with van der Waals surface area (Å²) < 4.78 is 9.80. The summed E-state index contributed by atoms with van der Waals surface area (Å²) in [7, 11) is 0. The second-order valence-electron chi connectivity index (χ2n) is 3.42. The van der Waals surface area contributed by atoms with Gasteiger partial charge in [-0.2, -0.15) is 0 Å². The molecule has 0 bridgehead atoms. The molecule has 0 aromatic carbocycles. The van der Waals surface area contributed by atoms with E-state index in [0.717, 1.165) is 20.8 Å². The Morgan fingerprint density at radius 2 is 2.18 bits per heavy atom. The van der Waals surface area contributed by atoms with Crippen LogP contribution in [0, 0.1) is 0 Å². The van der Waals surface area contributed by atoms with Gasteiger partial charge in [0.25, 0.3) is 0 Å². The Hall–Kier alpha value is -1.08. The Morgan fingerprint density at radius 1 is 1.29 bits per heavy atom. The van der Waals surface area contributed by atoms with Gasteiger partial charge in [-0.05, 0) is 23.6 Å². The average Bonchev–Trinajstić information content (AvgIpc) is 2.97. The summed E-state index contributed by atoms with van der Waals surface area (Å²) in [6.45, 7) is 0. The number of hydrogen-bond donors (Lipinski definition) is 2. The first-order chi connectivity index (χ1) is 8.29. The molecule has 0 saturated carbocycles. The fourth-order valence-corrected chi connectivity index (χ4v) is 3.72. The van der Waals surface area contributed by atoms with Crippen LogP contribution in [0.2, 0.25) is 0 Å². The average molecular weight is 280 g/mol. The number of aromatic nitrogens is 1. The number of pyridine rings is 1. The van der Waals surface area contributed by atoms with Crippen LogP contribution in [0.25, 0.3) is 20.8 Å². The molecule has 0 aliphatic rings. The van der Waals surface area contributed by atoms with Crippen LogP contribution in [0.5, 0.6) is 0 Å². The molecule has 0 radical (unpaired) electrons. The number of thiophene rings is 2. The normalized spacial score (nSPS) is 11.1. The van der Waals surface area contributed by atoms with E-state index in [1.165, 1.54) is 11.3 Å². The maximum Gasteiger partial charge on any atom is 0.127 e. The van der Waals surface area contributed by atoms with Crippen molar-refractivity contribution >= 4 is 50.6 Å². The quantitative estimate of drug-likeness (QED) is 0.692. The Bertz CT molecular complexity index is 661. The van der Waals surface area contributed by atoms with Gasteiger partial charge < -0.3 is 10.3 Å². The molecular formula is C11H8N2OS3. The van der Waals surface area contributed by atoms with Crippen molar-refractivity contribution in [3.63, 3.8) is 0 Å². The summed E-state index contributed by atoms with van der Waals surface area (Å²) >= 11 is 3.76. The number of nitrogen functional groups attached to an aromatic ring is 1. The molecule has 3 heterocycles. The lowest BCUT2D eigenvalue weighted by Crippen LogP contribution is -1.84. The summed E-state index contributed by atoms with van der Waals surface area (Å²) in [5.41, 5.74) is 7.47. The summed E-state index contributed by atoms with van der Waals surface area (Å²) in [6.07, 6.45) is 0. The number of fused-ring (bicyclic) bond motifs is 1. The molecule has 0 saturated heterocycles. The SMILES string of the molecule is Nc1c(SO)sc2nc(-c3cccs3)ccc12. The highest BCUT2D eigenvalue weighted by molar-refractivity contribution is 7.96. The van der Waals surface area contributed by atoms with E-state index < -0.39 is 0 Å². The van der Waals surface area contributed by atoms with E-state index in [-0.39, 0.29) is 0 Å². The zero-order valence-electron chi connectivity index (χ0n) is 8.58. The largest absolute Gasteiger partial charge is 0.397 e. The summed E-state index contributed by atoms with van der Waals surface area (Å²) in [5, 5.41) is 2.94. The first-order valence-electron chi connectivity index (χ1n) is 4.84. The van der Waals surface area contributed by atoms with Crippen LogP contribution in [0.3, 0.4) is 0 Å². The van der Waals surface area contributed by atoms with Crippen LogP contribution in [-0.2, 0) is 0 Å². The van der Waals surface area contributed by atoms with Gasteiger partial charge in [0.2, 0.25) is 0 Å². The van der Waals surface area contributed by atoms with Crippen molar-refractivity contribution in [2.75, 3.05) is 5.73 Å². The Kier molecular flexibility index (Phi) is 2.79. The van der Waals surface area contributed by atoms with Gasteiger partial charge in [-0.25, -0.2) is 4.98 Å². The van der Waals surface area contributed by atoms with Gasteiger partial charge in [-0.3, -0.25) is 0 Å². The van der Waals surface area contributed by atoms with E-state index in [0.29, 0.717) is 21.9 Å². The van der Waals surface area contributed by atoms with E-state index in [1.54, 1.807) is 11.3 Å². The van der Waals surface area contributed by atoms with Crippen molar-refractivity contribution < 1.29 is 4.55 Å². The van der Waals surface area contributed by atoms with Crippen molar-refractivity contribution in [1.82, 2.24) is 4.98 Å². The number of nitrogens with two attached hydrogens (primary N) is 1. The van der Waals surface area contributed by atoms with E-state index in [1.807, 2.05) is 29.6 Å². The van der Waals surface area contributed by atoms with E-state index in [4.69, 9.17) is 10.3 Å². The first kappa shape index (κ1) is 11.0. The minimum absolute atomic E-state index is 0.614. The lowest BCUT2D eigenvalue weighted by Gasteiger charge is -1.96. The molecule has 3 rings (SSSR count). The smallest absolute Gasteiger partial charge is 0.127 e. The molecule has 0 fully saturated rings. The van der Waals surface area contributed by atoms with Crippen LogP contribution >= 0.6 is 34.7 Å². The second kappa shape index (κ2) is 4.30. The molecule has 0 atom stereocenters. The fourth-order valence-electron chi connectivity index (χ4n) is 1.61. The molecule has 0 aliphatic heterocycles. The zero-order valence-corrected chi connectivity index (χ0v) is 11.0. The van der Waals surface area contributed by atoms with Gasteiger partial charge >= 0.3 is 0 Å². The summed E-state index contributed by atoms with van der Waals surface area (Å²) in [5.74, 6) is 0. The van der Waals surface area contributed by atoms with E-state index in [2.05, 4.69) is 4.98 Å². The van der Waals surface area contributed by atoms with E-state index >= 15 is 0 Å². The van der Waals surface area contributed by atoms with Crippen molar-refractivity contribution in [3.05, 3.63) is 29.6 Å². The zero-order chi connectivity index (χ0) is 11.8. The number of rotatable bonds is 2. The predicted octanol–water partition coefficient (Wildman–Crippen LogP) is 4.17. The highest BCUT2D eigenvalue weighted by Crippen LogP contribution is 2.39. The summed E-state index contributed by atoms with van der Waals surface area (Å²) in [6, 6.07) is 7.97. The highest BCUT2D eigenvalue weighted by atomic mass is 32.2. The molecule has 17 heavy (non-hydrogen) atoms. The minimum atomic E-state index is 0.614. The molecule has 3 nitrogen and oxygen atoms in total. The fraction of sp³-hybridized carbons (Fsp3) is 0. The number of hydrogen-bond acceptors (Lipinski definition) is 6. The molecule has 0 amide bonds. The third-order valence-electron chi connectivity index (χ3n) is 2.42. The van der Waals surface area contributed by atoms with Crippen LogP contribution in [0.4, 0.5) is 5.69 Å². The Balaban J connectivity index is 2.20. The lowest BCUT2D eigenvalue weighted by molar-refractivity contribution is 0.666. The standard InChI is InChI=1S/C11H8N2OS3/c12-9-6-3-4-7(8-2-1-5-15-8)13-10(6)16-11(9)17-14/h1-5,14H,12H2. The monoisotopic (exact) mass is 280 g/mol. The van der Waals surface area contributed by atoms with Crippen molar-refractivity contribution in [3.8, 4) is 10.6 Å². The summed E-state index contributed by atoms with van der Waals surface area (Å²) in [4.78, 5) is 6.57. The first-order valence-corrected chi connectivity index (χ1v) is 7.31. The Morgan fingerprint density at radius 3 is 2.88 bits per heavy atom. The van der Waals surface area contributed by atoms with Gasteiger partial charge in [0.15, 0.2) is 0 Å². The maximum absolute atomic E-state index is 9.09. The van der Waals surface area contributed by atoms with Crippen molar-refractivity contribution in [1.29, 1.82) is 0 Å². The molecule has 0 spiro atoms. The number of anilines is 1. The molecule has 3 aromatic rings. The van der Waals surface area contributed by atoms with Crippen molar-refractivity contribution in [2.45, 2.75) is 4.21 Å². The second-order valence-corrected chi connectivity index (χ2v) is 6.22. The molecular weight excluding hydrogens is 272 g/mol. The van der Waals surface area contributed by atoms with E-state index in [9.17, 15) is 0 Å². The van der Waals surface area contributed by atoms with Gasteiger partial charge in [0.05, 0.1) is 16.3 Å². The predicted molar refractivity (Wildman–Crippen MR) is 75.8 cm³/mol. The van der Waals surface area contributed by atoms with Gasteiger partial charge in [0, 0.05) is 17.4 Å². The molecule has 6 heteroatoms. The topological polar surface area (TPSA) is 59.1 Å².